The Morgan fingerprint density at radius 1 is 0.583 bits per heavy atom. The van der Waals surface area contributed by atoms with Crippen LogP contribution in [-0.4, -0.2) is 118 Å². The van der Waals surface area contributed by atoms with Gasteiger partial charge < -0.3 is 54.0 Å². The Morgan fingerprint density at radius 3 is 1.48 bits per heavy atom. The molecule has 48 heavy (non-hydrogen) atoms. The maximum atomic E-state index is 12.8. The molecule has 2 rings (SSSR count). The first-order valence-corrected chi connectivity index (χ1v) is 17.8. The normalized spacial score (nSPS) is 30.5. The Balaban J connectivity index is 1.88. The molecule has 280 valence electrons. The Labute approximate surface area is 284 Å². The van der Waals surface area contributed by atoms with Crippen LogP contribution < -0.4 is 0 Å². The van der Waals surface area contributed by atoms with E-state index in [1.54, 1.807) is 0 Å². The summed E-state index contributed by atoms with van der Waals surface area (Å²) in [7, 11) is 0. The van der Waals surface area contributed by atoms with E-state index in [2.05, 4.69) is 6.92 Å². The molecule has 0 radical (unpaired) electrons. The van der Waals surface area contributed by atoms with Crippen LogP contribution in [-0.2, 0) is 42.8 Å². The molecule has 0 aromatic heterocycles. The summed E-state index contributed by atoms with van der Waals surface area (Å²) >= 11 is 0. The van der Waals surface area contributed by atoms with Crippen molar-refractivity contribution in [1.29, 1.82) is 0 Å². The fourth-order valence-corrected chi connectivity index (χ4v) is 5.94. The highest BCUT2D eigenvalue weighted by atomic mass is 16.8. The minimum absolute atomic E-state index is 0.0364. The molecule has 14 heteroatoms. The lowest BCUT2D eigenvalue weighted by atomic mass is 9.97. The van der Waals surface area contributed by atoms with Gasteiger partial charge in [-0.25, -0.2) is 0 Å². The van der Waals surface area contributed by atoms with E-state index in [0.29, 0.717) is 6.42 Å². The van der Waals surface area contributed by atoms with E-state index >= 15 is 0 Å². The average Bonchev–Trinajstić information content (AvgIpc) is 3.04. The van der Waals surface area contributed by atoms with Crippen molar-refractivity contribution in [1.82, 2.24) is 0 Å². The summed E-state index contributed by atoms with van der Waals surface area (Å²) in [6.07, 6.45) is 1.62. The van der Waals surface area contributed by atoms with Gasteiger partial charge in [-0.15, -0.1) is 0 Å². The summed E-state index contributed by atoms with van der Waals surface area (Å²) in [4.78, 5) is 36.0. The lowest BCUT2D eigenvalue weighted by Gasteiger charge is -2.46. The second-order valence-electron chi connectivity index (χ2n) is 12.9. The summed E-state index contributed by atoms with van der Waals surface area (Å²) in [5.74, 6) is -2.20. The molecule has 2 aliphatic heterocycles. The number of carbonyl (C=O) groups excluding carboxylic acids is 3. The quantitative estimate of drug-likeness (QED) is 0.0593. The maximum Gasteiger partial charge on any atom is 0.306 e. The van der Waals surface area contributed by atoms with Crippen LogP contribution in [0, 0.1) is 0 Å². The van der Waals surface area contributed by atoms with Crippen molar-refractivity contribution in [2.24, 2.45) is 0 Å². The van der Waals surface area contributed by atoms with E-state index in [1.807, 2.05) is 0 Å². The zero-order chi connectivity index (χ0) is 35.5. The monoisotopic (exact) mass is 692 g/mol. The van der Waals surface area contributed by atoms with Gasteiger partial charge in [0.2, 0.25) is 12.6 Å². The summed E-state index contributed by atoms with van der Waals surface area (Å²) in [5.41, 5.74) is 0. The molecule has 0 saturated carbocycles. The lowest BCUT2D eigenvalue weighted by Crippen LogP contribution is -2.65. The molecule has 0 spiro atoms. The Bertz CT molecular complexity index is 918. The molecule has 0 aromatic carbocycles. The van der Waals surface area contributed by atoms with Crippen molar-refractivity contribution in [2.75, 3.05) is 13.2 Å². The highest BCUT2D eigenvalue weighted by Gasteiger charge is 2.53. The molecule has 2 saturated heterocycles. The minimum atomic E-state index is -1.76. The number of aliphatic hydroxyl groups is 5. The summed E-state index contributed by atoms with van der Waals surface area (Å²) in [6, 6.07) is 0. The SMILES string of the molecule is CCCCCCCCCCCCCCCCCC(=O)O[C@H]1[C@@H](O[C@H]2O[C@H](CO)[C@@H](O)[C@H](O)[C@H]2OC(C)=O)O[C@H](COC(C)=O)[C@@H](O)[C@@H]1O. The van der Waals surface area contributed by atoms with E-state index < -0.39 is 92.5 Å². The zero-order valence-electron chi connectivity index (χ0n) is 28.9. The lowest BCUT2D eigenvalue weighted by molar-refractivity contribution is -0.377. The molecule has 2 heterocycles. The van der Waals surface area contributed by atoms with Gasteiger partial charge in [0.25, 0.3) is 0 Å². The van der Waals surface area contributed by atoms with Gasteiger partial charge in [0.05, 0.1) is 6.61 Å². The molecule has 0 bridgehead atoms. The highest BCUT2D eigenvalue weighted by Crippen LogP contribution is 2.31. The number of ether oxygens (including phenoxy) is 6. The standard InChI is InChI=1S/C34H60O14/c1-4-5-6-7-8-9-10-11-12-13-14-15-16-17-18-19-26(38)47-32-30(42)28(40)25(21-43-22(2)36)46-34(32)48-33-31(44-23(3)37)29(41)27(39)24(20-35)45-33/h24-25,27-35,39-42H,4-21H2,1-3H3/t24-,25-,27-,28-,29+,30+,31-,32-,33-,34-/m1/s1. The van der Waals surface area contributed by atoms with E-state index in [0.717, 1.165) is 39.5 Å². The highest BCUT2D eigenvalue weighted by molar-refractivity contribution is 5.69. The Kier molecular flexibility index (Phi) is 20.7. The van der Waals surface area contributed by atoms with Crippen molar-refractivity contribution in [3.63, 3.8) is 0 Å². The number of unbranched alkanes of at least 4 members (excludes halogenated alkanes) is 14. The molecule has 10 atom stereocenters. The number of esters is 3. The molecule has 0 aromatic rings. The number of aliphatic hydroxyl groups excluding tert-OH is 5. The third-order valence-electron chi connectivity index (χ3n) is 8.74. The first-order chi connectivity index (χ1) is 23.0. The average molecular weight is 693 g/mol. The zero-order valence-corrected chi connectivity index (χ0v) is 28.9. The van der Waals surface area contributed by atoms with Gasteiger partial charge >= 0.3 is 17.9 Å². The Hall–Kier alpha value is -1.91. The smallest absolute Gasteiger partial charge is 0.306 e. The van der Waals surface area contributed by atoms with Gasteiger partial charge in [-0.05, 0) is 6.42 Å². The van der Waals surface area contributed by atoms with Gasteiger partial charge in [0, 0.05) is 20.3 Å². The first-order valence-electron chi connectivity index (χ1n) is 17.8. The molecule has 2 fully saturated rings. The topological polar surface area (TPSA) is 208 Å². The predicted octanol–water partition coefficient (Wildman–Crippen LogP) is 2.56. The second kappa shape index (κ2) is 23.5. The van der Waals surface area contributed by atoms with Crippen molar-refractivity contribution in [2.45, 2.75) is 185 Å². The van der Waals surface area contributed by atoms with Gasteiger partial charge in [-0.2, -0.15) is 0 Å². The number of carbonyl (C=O) groups is 3. The van der Waals surface area contributed by atoms with Crippen molar-refractivity contribution in [3.8, 4) is 0 Å². The molecular weight excluding hydrogens is 632 g/mol. The first kappa shape index (κ1) is 42.3. The third kappa shape index (κ3) is 14.9. The van der Waals surface area contributed by atoms with Crippen molar-refractivity contribution >= 4 is 17.9 Å². The second-order valence-corrected chi connectivity index (χ2v) is 12.9. The molecular formula is C34H60O14. The predicted molar refractivity (Wildman–Crippen MR) is 171 cm³/mol. The molecule has 0 unspecified atom stereocenters. The number of hydrogen-bond donors (Lipinski definition) is 5. The maximum absolute atomic E-state index is 12.8. The van der Waals surface area contributed by atoms with Crippen LogP contribution in [0.4, 0.5) is 0 Å². The van der Waals surface area contributed by atoms with Crippen LogP contribution >= 0.6 is 0 Å². The molecule has 14 nitrogen and oxygen atoms in total. The van der Waals surface area contributed by atoms with Crippen LogP contribution in [0.2, 0.25) is 0 Å². The fraction of sp³-hybridized carbons (Fsp3) is 0.912. The van der Waals surface area contributed by atoms with Crippen LogP contribution in [0.5, 0.6) is 0 Å². The van der Waals surface area contributed by atoms with Crippen molar-refractivity contribution in [3.05, 3.63) is 0 Å². The van der Waals surface area contributed by atoms with Crippen LogP contribution in [0.15, 0.2) is 0 Å². The molecule has 5 N–H and O–H groups in total. The molecule has 0 amide bonds. The van der Waals surface area contributed by atoms with E-state index in [9.17, 15) is 39.9 Å². The minimum Gasteiger partial charge on any atom is -0.463 e. The van der Waals surface area contributed by atoms with Gasteiger partial charge in [0.15, 0.2) is 12.2 Å². The van der Waals surface area contributed by atoms with Crippen molar-refractivity contribution < 1.29 is 68.3 Å². The van der Waals surface area contributed by atoms with Crippen LogP contribution in [0.3, 0.4) is 0 Å². The summed E-state index contributed by atoms with van der Waals surface area (Å²) < 4.78 is 32.6. The fourth-order valence-electron chi connectivity index (χ4n) is 5.94. The largest absolute Gasteiger partial charge is 0.463 e. The molecule has 2 aliphatic rings. The third-order valence-corrected chi connectivity index (χ3v) is 8.74. The van der Waals surface area contributed by atoms with Crippen LogP contribution in [0.1, 0.15) is 124 Å². The Morgan fingerprint density at radius 2 is 1.02 bits per heavy atom. The van der Waals surface area contributed by atoms with Gasteiger partial charge in [-0.3, -0.25) is 14.4 Å². The van der Waals surface area contributed by atoms with Gasteiger partial charge in [-0.1, -0.05) is 96.8 Å². The summed E-state index contributed by atoms with van der Waals surface area (Å²) in [5, 5.41) is 52.1. The van der Waals surface area contributed by atoms with E-state index in [-0.39, 0.29) is 6.42 Å². The summed E-state index contributed by atoms with van der Waals surface area (Å²) in [6.45, 7) is 3.22. The molecule has 0 aliphatic carbocycles. The van der Waals surface area contributed by atoms with E-state index in [4.69, 9.17) is 28.4 Å². The van der Waals surface area contributed by atoms with E-state index in [1.165, 1.54) is 64.2 Å². The number of hydrogen-bond acceptors (Lipinski definition) is 14. The van der Waals surface area contributed by atoms with Gasteiger partial charge in [0.1, 0.15) is 43.2 Å². The van der Waals surface area contributed by atoms with Crippen LogP contribution in [0.25, 0.3) is 0 Å². The number of rotatable bonds is 23.